The molecular weight excluding hydrogens is 358 g/mol. The second-order valence-electron chi connectivity index (χ2n) is 5.00. The molecule has 23 heavy (non-hydrogen) atoms. The predicted molar refractivity (Wildman–Crippen MR) is 91.7 cm³/mol. The average molecular weight is 370 g/mol. The topological polar surface area (TPSA) is 44.0 Å². The molecule has 0 amide bonds. The Kier molecular flexibility index (Phi) is 3.63. The standard InChI is InChI=1S/C18H12BrNO3/c19-13-3-1-12(2-4-13)16-8-6-15(23-16)10-20-14-5-7-17-18(9-14)22-11-21-17/h1-10H,11H2. The van der Waals surface area contributed by atoms with Crippen LogP contribution in [0.5, 0.6) is 11.5 Å². The van der Waals surface area contributed by atoms with Crippen molar-refractivity contribution < 1.29 is 13.9 Å². The first-order chi connectivity index (χ1) is 11.3. The van der Waals surface area contributed by atoms with E-state index in [1.807, 2.05) is 54.6 Å². The van der Waals surface area contributed by atoms with Gasteiger partial charge in [0.05, 0.1) is 11.9 Å². The molecule has 4 rings (SSSR count). The minimum atomic E-state index is 0.261. The minimum absolute atomic E-state index is 0.261. The molecule has 0 saturated heterocycles. The summed E-state index contributed by atoms with van der Waals surface area (Å²) in [5.74, 6) is 2.97. The van der Waals surface area contributed by atoms with Crippen LogP contribution in [-0.2, 0) is 0 Å². The lowest BCUT2D eigenvalue weighted by atomic mass is 10.2. The van der Waals surface area contributed by atoms with Crippen molar-refractivity contribution in [1.29, 1.82) is 0 Å². The number of furan rings is 1. The molecule has 1 aliphatic heterocycles. The molecule has 0 spiro atoms. The second-order valence-corrected chi connectivity index (χ2v) is 5.92. The molecule has 2 heterocycles. The van der Waals surface area contributed by atoms with E-state index in [-0.39, 0.29) is 6.79 Å². The first kappa shape index (κ1) is 14.1. The van der Waals surface area contributed by atoms with Crippen molar-refractivity contribution in [2.75, 3.05) is 6.79 Å². The summed E-state index contributed by atoms with van der Waals surface area (Å²) in [6, 6.07) is 17.4. The van der Waals surface area contributed by atoms with Crippen LogP contribution in [0.2, 0.25) is 0 Å². The van der Waals surface area contributed by atoms with Gasteiger partial charge in [0.15, 0.2) is 11.5 Å². The molecule has 0 bridgehead atoms. The second kappa shape index (κ2) is 5.93. The highest BCUT2D eigenvalue weighted by atomic mass is 79.9. The third kappa shape index (κ3) is 3.00. The quantitative estimate of drug-likeness (QED) is 0.596. The Labute approximate surface area is 141 Å². The number of hydrogen-bond acceptors (Lipinski definition) is 4. The lowest BCUT2D eigenvalue weighted by molar-refractivity contribution is 0.174. The average Bonchev–Trinajstić information content (AvgIpc) is 3.22. The number of ether oxygens (including phenoxy) is 2. The molecule has 1 aromatic heterocycles. The Balaban J connectivity index is 1.54. The van der Waals surface area contributed by atoms with Gasteiger partial charge < -0.3 is 13.9 Å². The van der Waals surface area contributed by atoms with Crippen molar-refractivity contribution in [2.24, 2.45) is 4.99 Å². The smallest absolute Gasteiger partial charge is 0.231 e. The van der Waals surface area contributed by atoms with E-state index in [4.69, 9.17) is 13.9 Å². The third-order valence-electron chi connectivity index (χ3n) is 3.45. The Morgan fingerprint density at radius 3 is 2.61 bits per heavy atom. The Morgan fingerprint density at radius 1 is 0.913 bits per heavy atom. The number of nitrogens with zero attached hydrogens (tertiary/aromatic N) is 1. The van der Waals surface area contributed by atoms with Crippen LogP contribution in [0.4, 0.5) is 5.69 Å². The molecule has 0 N–H and O–H groups in total. The number of benzene rings is 2. The Bertz CT molecular complexity index is 868. The van der Waals surface area contributed by atoms with E-state index in [0.717, 1.165) is 33.0 Å². The summed E-state index contributed by atoms with van der Waals surface area (Å²) in [7, 11) is 0. The van der Waals surface area contributed by atoms with E-state index in [0.29, 0.717) is 5.76 Å². The van der Waals surface area contributed by atoms with Crippen LogP contribution in [0.3, 0.4) is 0 Å². The largest absolute Gasteiger partial charge is 0.455 e. The number of hydrogen-bond donors (Lipinski definition) is 0. The predicted octanol–water partition coefficient (Wildman–Crippen LogP) is 5.19. The van der Waals surface area contributed by atoms with Gasteiger partial charge in [-0.1, -0.05) is 28.1 Å². The summed E-state index contributed by atoms with van der Waals surface area (Å²) in [5.41, 5.74) is 1.81. The van der Waals surface area contributed by atoms with Gasteiger partial charge in [-0.3, -0.25) is 4.99 Å². The zero-order valence-corrected chi connectivity index (χ0v) is 13.6. The van der Waals surface area contributed by atoms with Crippen molar-refractivity contribution in [3.05, 3.63) is 64.8 Å². The van der Waals surface area contributed by atoms with Crippen LogP contribution in [0.25, 0.3) is 11.3 Å². The monoisotopic (exact) mass is 369 g/mol. The van der Waals surface area contributed by atoms with Gasteiger partial charge in [0.2, 0.25) is 6.79 Å². The minimum Gasteiger partial charge on any atom is -0.455 e. The molecule has 1 aliphatic rings. The molecule has 2 aromatic carbocycles. The van der Waals surface area contributed by atoms with E-state index in [1.54, 1.807) is 6.21 Å². The summed E-state index contributed by atoms with van der Waals surface area (Å²) in [5, 5.41) is 0. The zero-order valence-electron chi connectivity index (χ0n) is 12.0. The maximum Gasteiger partial charge on any atom is 0.231 e. The van der Waals surface area contributed by atoms with E-state index < -0.39 is 0 Å². The van der Waals surface area contributed by atoms with Gasteiger partial charge in [0.25, 0.3) is 0 Å². The SMILES string of the molecule is Brc1ccc(-c2ccc(C=Nc3ccc4c(c3)OCO4)o2)cc1. The third-order valence-corrected chi connectivity index (χ3v) is 3.98. The van der Waals surface area contributed by atoms with Crippen molar-refractivity contribution >= 4 is 27.8 Å². The maximum absolute atomic E-state index is 5.80. The highest BCUT2D eigenvalue weighted by molar-refractivity contribution is 9.10. The zero-order chi connectivity index (χ0) is 15.6. The van der Waals surface area contributed by atoms with Crippen LogP contribution >= 0.6 is 15.9 Å². The molecule has 0 saturated carbocycles. The summed E-state index contributed by atoms with van der Waals surface area (Å²) < 4.78 is 17.5. The molecule has 4 nitrogen and oxygen atoms in total. The van der Waals surface area contributed by atoms with Gasteiger partial charge in [-0.2, -0.15) is 0 Å². The van der Waals surface area contributed by atoms with Crippen molar-refractivity contribution in [3.8, 4) is 22.8 Å². The summed E-state index contributed by atoms with van der Waals surface area (Å²) >= 11 is 3.42. The van der Waals surface area contributed by atoms with Gasteiger partial charge in [0, 0.05) is 16.1 Å². The van der Waals surface area contributed by atoms with Gasteiger partial charge >= 0.3 is 0 Å². The molecule has 0 radical (unpaired) electrons. The van der Waals surface area contributed by atoms with Crippen LogP contribution in [0, 0.1) is 0 Å². The molecule has 3 aromatic rings. The van der Waals surface area contributed by atoms with E-state index in [2.05, 4.69) is 20.9 Å². The van der Waals surface area contributed by atoms with Gasteiger partial charge in [0.1, 0.15) is 11.5 Å². The lowest BCUT2D eigenvalue weighted by Gasteiger charge is -1.97. The number of fused-ring (bicyclic) bond motifs is 1. The van der Waals surface area contributed by atoms with Crippen LogP contribution in [0.1, 0.15) is 5.76 Å². The molecule has 0 fully saturated rings. The molecule has 0 atom stereocenters. The lowest BCUT2D eigenvalue weighted by Crippen LogP contribution is -1.92. The highest BCUT2D eigenvalue weighted by Crippen LogP contribution is 2.35. The fourth-order valence-electron chi connectivity index (χ4n) is 2.30. The fourth-order valence-corrected chi connectivity index (χ4v) is 2.56. The van der Waals surface area contributed by atoms with Gasteiger partial charge in [-0.05, 0) is 36.4 Å². The Morgan fingerprint density at radius 2 is 1.74 bits per heavy atom. The Hall–Kier alpha value is -2.53. The summed E-state index contributed by atoms with van der Waals surface area (Å²) in [4.78, 5) is 4.41. The first-order valence-electron chi connectivity index (χ1n) is 7.07. The van der Waals surface area contributed by atoms with Gasteiger partial charge in [-0.25, -0.2) is 0 Å². The molecular formula is C18H12BrNO3. The molecule has 5 heteroatoms. The number of halogens is 1. The van der Waals surface area contributed by atoms with Crippen molar-refractivity contribution in [1.82, 2.24) is 0 Å². The molecule has 0 aliphatic carbocycles. The maximum atomic E-state index is 5.80. The van der Waals surface area contributed by atoms with E-state index in [9.17, 15) is 0 Å². The number of aliphatic imine (C=N–C) groups is 1. The van der Waals surface area contributed by atoms with Crippen LogP contribution in [0.15, 0.2) is 68.5 Å². The van der Waals surface area contributed by atoms with E-state index >= 15 is 0 Å². The van der Waals surface area contributed by atoms with Crippen molar-refractivity contribution in [3.63, 3.8) is 0 Å². The molecule has 114 valence electrons. The number of rotatable bonds is 3. The molecule has 0 unspecified atom stereocenters. The van der Waals surface area contributed by atoms with Crippen LogP contribution < -0.4 is 9.47 Å². The van der Waals surface area contributed by atoms with E-state index in [1.165, 1.54) is 0 Å². The summed E-state index contributed by atoms with van der Waals surface area (Å²) in [6.45, 7) is 0.261. The first-order valence-corrected chi connectivity index (χ1v) is 7.87. The fraction of sp³-hybridized carbons (Fsp3) is 0.0556. The summed E-state index contributed by atoms with van der Waals surface area (Å²) in [6.07, 6.45) is 1.69. The van der Waals surface area contributed by atoms with Gasteiger partial charge in [-0.15, -0.1) is 0 Å². The van der Waals surface area contributed by atoms with Crippen molar-refractivity contribution in [2.45, 2.75) is 0 Å². The normalized spacial score (nSPS) is 12.9. The van der Waals surface area contributed by atoms with Crippen LogP contribution in [-0.4, -0.2) is 13.0 Å². The highest BCUT2D eigenvalue weighted by Gasteiger charge is 2.12.